The number of alkyl carbamates (subject to hydrolysis) is 1. The van der Waals surface area contributed by atoms with Crippen molar-refractivity contribution >= 4 is 42.3 Å². The van der Waals surface area contributed by atoms with Crippen molar-refractivity contribution in [3.8, 4) is 0 Å². The van der Waals surface area contributed by atoms with E-state index in [-0.39, 0.29) is 40.2 Å². The van der Waals surface area contributed by atoms with Crippen molar-refractivity contribution in [2.45, 2.75) is 104 Å². The lowest BCUT2D eigenvalue weighted by Crippen LogP contribution is -2.59. The number of carbonyl (C=O) groups is 2. The van der Waals surface area contributed by atoms with Crippen LogP contribution in [0.25, 0.3) is 0 Å². The second-order valence-corrected chi connectivity index (χ2v) is 19.0. The van der Waals surface area contributed by atoms with Crippen LogP contribution in [0.2, 0.25) is 18.1 Å². The summed E-state index contributed by atoms with van der Waals surface area (Å²) in [5.41, 5.74) is 2.79. The van der Waals surface area contributed by atoms with E-state index in [1.165, 1.54) is 0 Å². The fraction of sp³-hybridized carbons (Fsp3) is 0.655. The molecule has 2 unspecified atom stereocenters. The van der Waals surface area contributed by atoms with Crippen LogP contribution in [0.15, 0.2) is 35.3 Å². The van der Waals surface area contributed by atoms with Crippen molar-refractivity contribution in [2.24, 2.45) is 16.8 Å². The van der Waals surface area contributed by atoms with Crippen molar-refractivity contribution in [3.63, 3.8) is 0 Å². The Labute approximate surface area is 239 Å². The van der Waals surface area contributed by atoms with Crippen LogP contribution in [0.4, 0.5) is 4.79 Å². The normalized spacial score (nSPS) is 18.1. The van der Waals surface area contributed by atoms with Crippen LogP contribution in [0, 0.1) is 11.8 Å². The van der Waals surface area contributed by atoms with Crippen molar-refractivity contribution in [1.82, 2.24) is 15.4 Å². The Morgan fingerprint density at radius 2 is 1.64 bits per heavy atom. The molecule has 4 atom stereocenters. The predicted molar refractivity (Wildman–Crippen MR) is 167 cm³/mol. The second-order valence-electron chi connectivity index (χ2n) is 12.7. The number of rotatable bonds is 13. The van der Waals surface area contributed by atoms with Crippen molar-refractivity contribution in [3.05, 3.63) is 35.9 Å². The SMILES string of the molecule is CC(C)C[C@H](NC(=O)OCc1ccccc1)C(=O)N[C@@H](CC(C)C)C(O[Si](C)(C)C(C)(C)C)C1=NC=S(C)N1. The Hall–Kier alpha value is -2.17. The third kappa shape index (κ3) is 10.7. The number of nitrogens with one attached hydrogen (secondary N) is 3. The molecule has 2 rings (SSSR count). The Morgan fingerprint density at radius 1 is 1.03 bits per heavy atom. The highest BCUT2D eigenvalue weighted by molar-refractivity contribution is 8.13. The van der Waals surface area contributed by atoms with E-state index in [1.54, 1.807) is 0 Å². The average Bonchev–Trinajstić information content (AvgIpc) is 3.25. The number of ether oxygens (including phenoxy) is 1. The molecule has 0 spiro atoms. The Bertz CT molecular complexity index is 1020. The van der Waals surface area contributed by atoms with Gasteiger partial charge in [0.05, 0.1) is 11.5 Å². The summed E-state index contributed by atoms with van der Waals surface area (Å²) in [6.07, 6.45) is 2.23. The number of hydrogen-bond donors (Lipinski definition) is 3. The molecule has 0 aromatic heterocycles. The van der Waals surface area contributed by atoms with E-state index >= 15 is 0 Å². The molecular formula is C29H50N4O4SSi. The molecule has 1 aliphatic heterocycles. The molecule has 220 valence electrons. The van der Waals surface area contributed by atoms with Gasteiger partial charge in [-0.05, 0) is 54.6 Å². The number of benzene rings is 1. The summed E-state index contributed by atoms with van der Waals surface area (Å²) in [6, 6.07) is 8.43. The van der Waals surface area contributed by atoms with Gasteiger partial charge in [-0.25, -0.2) is 9.79 Å². The standard InChI is InChI=1S/C29H50N4O4SSi/c1-20(2)16-23(25(26-30-19-38(8)33-26)37-39(9,10)29(5,6)7)31-27(34)24(17-21(3)4)32-28(35)36-18-22-14-12-11-13-15-22/h11-15,19-21,23-25H,16-18H2,1-10H3,(H,30,33)(H,31,34)(H,32,35)/t23-,24-,25?,38?/m0/s1. The highest BCUT2D eigenvalue weighted by Gasteiger charge is 2.43. The van der Waals surface area contributed by atoms with Gasteiger partial charge in [0.15, 0.2) is 8.32 Å². The van der Waals surface area contributed by atoms with Gasteiger partial charge in [-0.2, -0.15) is 0 Å². The van der Waals surface area contributed by atoms with Gasteiger partial charge in [-0.3, -0.25) is 4.79 Å². The third-order valence-corrected chi connectivity index (χ3v) is 12.5. The number of carbonyl (C=O) groups excluding carboxylic acids is 2. The van der Waals surface area contributed by atoms with E-state index < -0.39 is 26.6 Å². The predicted octanol–water partition coefficient (Wildman–Crippen LogP) is 5.82. The molecular weight excluding hydrogens is 528 g/mol. The lowest BCUT2D eigenvalue weighted by molar-refractivity contribution is -0.124. The summed E-state index contributed by atoms with van der Waals surface area (Å²) >= 11 is 0. The summed E-state index contributed by atoms with van der Waals surface area (Å²) < 4.78 is 15.8. The van der Waals surface area contributed by atoms with Gasteiger partial charge in [0.1, 0.15) is 24.6 Å². The van der Waals surface area contributed by atoms with Crippen LogP contribution in [0.5, 0.6) is 0 Å². The van der Waals surface area contributed by atoms with Gasteiger partial charge >= 0.3 is 6.09 Å². The van der Waals surface area contributed by atoms with Crippen molar-refractivity contribution < 1.29 is 18.8 Å². The number of hydrogen-bond acceptors (Lipinski definition) is 6. The second kappa shape index (κ2) is 14.5. The smallest absolute Gasteiger partial charge is 0.408 e. The zero-order valence-electron chi connectivity index (χ0n) is 25.5. The molecule has 10 heteroatoms. The maximum absolute atomic E-state index is 13.7. The minimum atomic E-state index is -2.22. The zero-order chi connectivity index (χ0) is 29.4. The molecule has 0 bridgehead atoms. The van der Waals surface area contributed by atoms with Crippen LogP contribution in [-0.4, -0.2) is 56.1 Å². The topological polar surface area (TPSA) is 101 Å². The molecule has 8 nitrogen and oxygen atoms in total. The zero-order valence-corrected chi connectivity index (χ0v) is 27.3. The number of amidine groups is 1. The average molecular weight is 579 g/mol. The van der Waals surface area contributed by atoms with E-state index in [9.17, 15) is 9.59 Å². The third-order valence-electron chi connectivity index (χ3n) is 7.06. The van der Waals surface area contributed by atoms with Crippen molar-refractivity contribution in [1.29, 1.82) is 0 Å². The lowest BCUT2D eigenvalue weighted by Gasteiger charge is -2.42. The van der Waals surface area contributed by atoms with Crippen molar-refractivity contribution in [2.75, 3.05) is 6.26 Å². The highest BCUT2D eigenvalue weighted by Crippen LogP contribution is 2.38. The molecule has 0 fully saturated rings. The van der Waals surface area contributed by atoms with Crippen LogP contribution in [0.1, 0.15) is 66.9 Å². The van der Waals surface area contributed by atoms with Crippen LogP contribution < -0.4 is 15.4 Å². The van der Waals surface area contributed by atoms with E-state index in [2.05, 4.69) is 74.3 Å². The Morgan fingerprint density at radius 3 is 2.15 bits per heavy atom. The van der Waals surface area contributed by atoms with Crippen LogP contribution in [0.3, 0.4) is 0 Å². The Balaban J connectivity index is 2.26. The minimum Gasteiger partial charge on any atom is -0.445 e. The van der Waals surface area contributed by atoms with Gasteiger partial charge < -0.3 is 24.5 Å². The van der Waals surface area contributed by atoms with Gasteiger partial charge in [0.2, 0.25) is 5.91 Å². The maximum atomic E-state index is 13.7. The molecule has 0 aliphatic carbocycles. The maximum Gasteiger partial charge on any atom is 0.408 e. The first-order valence-corrected chi connectivity index (χ1v) is 18.5. The van der Waals surface area contributed by atoms with Gasteiger partial charge in [-0.1, -0.05) is 89.5 Å². The van der Waals surface area contributed by atoms with Crippen LogP contribution >= 0.6 is 10.7 Å². The molecule has 1 aromatic rings. The summed E-state index contributed by atoms with van der Waals surface area (Å²) in [6.45, 7) is 19.5. The molecule has 0 saturated carbocycles. The first-order valence-electron chi connectivity index (χ1n) is 13.9. The lowest BCUT2D eigenvalue weighted by atomic mass is 9.97. The minimum absolute atomic E-state index is 0.0152. The molecule has 1 heterocycles. The summed E-state index contributed by atoms with van der Waals surface area (Å²) in [4.78, 5) is 31.1. The monoisotopic (exact) mass is 578 g/mol. The Kier molecular flexibility index (Phi) is 12.2. The molecule has 2 amide bonds. The van der Waals surface area contributed by atoms with Crippen LogP contribution in [-0.2, 0) is 20.6 Å². The van der Waals surface area contributed by atoms with E-state index in [4.69, 9.17) is 9.16 Å². The molecule has 3 N–H and O–H groups in total. The first-order chi connectivity index (χ1) is 18.1. The van der Waals surface area contributed by atoms with Gasteiger partial charge in [0.25, 0.3) is 0 Å². The fourth-order valence-electron chi connectivity index (χ4n) is 3.97. The summed E-state index contributed by atoms with van der Waals surface area (Å²) in [7, 11) is -2.40. The van der Waals surface area contributed by atoms with Gasteiger partial charge in [-0.15, -0.1) is 0 Å². The van der Waals surface area contributed by atoms with E-state index in [0.29, 0.717) is 18.8 Å². The number of aliphatic imine (C=N–C) groups is 1. The molecule has 39 heavy (non-hydrogen) atoms. The molecule has 0 saturated heterocycles. The molecule has 0 radical (unpaired) electrons. The quantitative estimate of drug-likeness (QED) is 0.202. The summed E-state index contributed by atoms with van der Waals surface area (Å²) in [5, 5.41) is 6.05. The van der Waals surface area contributed by atoms with E-state index in [1.807, 2.05) is 49.7 Å². The largest absolute Gasteiger partial charge is 0.445 e. The highest BCUT2D eigenvalue weighted by atomic mass is 32.2. The fourth-order valence-corrected chi connectivity index (χ4v) is 6.05. The number of amides is 2. The number of nitrogens with zero attached hydrogens (tertiary/aromatic N) is 1. The summed E-state index contributed by atoms with van der Waals surface area (Å²) in [5.74, 6) is 1.01. The molecule has 1 aliphatic rings. The molecule has 1 aromatic carbocycles. The van der Waals surface area contributed by atoms with Gasteiger partial charge in [0, 0.05) is 0 Å². The first kappa shape index (κ1) is 33.0. The van der Waals surface area contributed by atoms with E-state index in [0.717, 1.165) is 11.4 Å².